The maximum absolute atomic E-state index is 10.3. The summed E-state index contributed by atoms with van der Waals surface area (Å²) in [7, 11) is 0. The molecule has 2 aromatic heterocycles. The van der Waals surface area contributed by atoms with Crippen molar-refractivity contribution in [3.8, 4) is 23.1 Å². The minimum Gasteiger partial charge on any atom is -0.507 e. The second kappa shape index (κ2) is 7.49. The number of phenols is 1. The van der Waals surface area contributed by atoms with Gasteiger partial charge in [0.15, 0.2) is 5.58 Å². The van der Waals surface area contributed by atoms with Crippen LogP contribution in [0.25, 0.3) is 22.5 Å². The number of benzene rings is 1. The van der Waals surface area contributed by atoms with Gasteiger partial charge in [-0.15, -0.1) is 0 Å². The highest BCUT2D eigenvalue weighted by Gasteiger charge is 2.21. The van der Waals surface area contributed by atoms with E-state index in [9.17, 15) is 10.4 Å². The van der Waals surface area contributed by atoms with Crippen LogP contribution in [0.2, 0.25) is 0 Å². The molecule has 7 nitrogen and oxygen atoms in total. The van der Waals surface area contributed by atoms with Gasteiger partial charge in [0.25, 0.3) is 6.01 Å². The number of fused-ring (bicyclic) bond motifs is 1. The molecule has 3 heterocycles. The van der Waals surface area contributed by atoms with Crippen LogP contribution < -0.4 is 5.32 Å². The summed E-state index contributed by atoms with van der Waals surface area (Å²) in [5.41, 5.74) is 3.13. The molecule has 3 aromatic rings. The molecular formula is C21H23N5O2. The van der Waals surface area contributed by atoms with Gasteiger partial charge in [-0.3, -0.25) is 0 Å². The zero-order chi connectivity index (χ0) is 19.7. The van der Waals surface area contributed by atoms with E-state index < -0.39 is 0 Å². The topological polar surface area (TPSA) is 98.2 Å². The van der Waals surface area contributed by atoms with Gasteiger partial charge in [0.05, 0.1) is 22.9 Å². The Bertz CT molecular complexity index is 1050. The molecule has 0 radical (unpaired) electrons. The van der Waals surface area contributed by atoms with Gasteiger partial charge in [-0.05, 0) is 62.7 Å². The van der Waals surface area contributed by atoms with E-state index in [1.165, 1.54) is 0 Å². The Labute approximate surface area is 163 Å². The Balaban J connectivity index is 1.64. The number of aromatic hydroxyl groups is 1. The molecule has 1 aromatic carbocycles. The normalized spacial score (nSPS) is 17.5. The fraction of sp³-hybridized carbons (Fsp3) is 0.381. The van der Waals surface area contributed by atoms with E-state index in [2.05, 4.69) is 33.2 Å². The Hall–Kier alpha value is -3.11. The number of oxazole rings is 1. The number of nitrogens with one attached hydrogen (secondary N) is 1. The zero-order valence-electron chi connectivity index (χ0n) is 16.1. The van der Waals surface area contributed by atoms with Crippen LogP contribution in [-0.2, 0) is 0 Å². The number of hydrogen-bond acceptors (Lipinski definition) is 7. The number of anilines is 1. The third kappa shape index (κ3) is 3.51. The first kappa shape index (κ1) is 18.3. The van der Waals surface area contributed by atoms with Gasteiger partial charge in [-0.25, -0.2) is 4.98 Å². The first-order valence-corrected chi connectivity index (χ1v) is 9.58. The van der Waals surface area contributed by atoms with Crippen LogP contribution >= 0.6 is 0 Å². The number of pyridine rings is 1. The molecule has 0 unspecified atom stereocenters. The molecule has 1 saturated heterocycles. The van der Waals surface area contributed by atoms with Crippen molar-refractivity contribution in [1.82, 2.24) is 14.9 Å². The smallest absolute Gasteiger partial charge is 0.297 e. The highest BCUT2D eigenvalue weighted by molar-refractivity contribution is 5.80. The van der Waals surface area contributed by atoms with Crippen LogP contribution in [0.5, 0.6) is 5.75 Å². The van der Waals surface area contributed by atoms with Crippen molar-refractivity contribution < 1.29 is 9.52 Å². The second-order valence-electron chi connectivity index (χ2n) is 7.23. The SMILES string of the molecule is CCN1CCC[C@@H](Nc2nc3nc(-c4c(O)cc(C)cc4C#N)ccc3o2)C1. The summed E-state index contributed by atoms with van der Waals surface area (Å²) in [6, 6.07) is 9.76. The summed E-state index contributed by atoms with van der Waals surface area (Å²) in [5, 5.41) is 23.2. The van der Waals surface area contributed by atoms with Crippen molar-refractivity contribution in [2.75, 3.05) is 25.0 Å². The summed E-state index contributed by atoms with van der Waals surface area (Å²) in [4.78, 5) is 11.4. The van der Waals surface area contributed by atoms with Gasteiger partial charge < -0.3 is 19.7 Å². The van der Waals surface area contributed by atoms with Gasteiger partial charge in [-0.1, -0.05) is 6.92 Å². The molecule has 4 rings (SSSR count). The number of rotatable bonds is 4. The lowest BCUT2D eigenvalue weighted by molar-refractivity contribution is 0.225. The Morgan fingerprint density at radius 1 is 1.36 bits per heavy atom. The summed E-state index contributed by atoms with van der Waals surface area (Å²) in [6.45, 7) is 7.15. The molecule has 2 N–H and O–H groups in total. The number of hydrogen-bond donors (Lipinski definition) is 2. The molecule has 1 fully saturated rings. The van der Waals surface area contributed by atoms with Crippen LogP contribution in [-0.4, -0.2) is 45.7 Å². The van der Waals surface area contributed by atoms with Gasteiger partial charge in [-0.2, -0.15) is 10.2 Å². The van der Waals surface area contributed by atoms with Crippen molar-refractivity contribution in [1.29, 1.82) is 5.26 Å². The molecule has 0 aliphatic carbocycles. The third-order valence-corrected chi connectivity index (χ3v) is 5.17. The van der Waals surface area contributed by atoms with Crippen molar-refractivity contribution >= 4 is 17.2 Å². The predicted molar refractivity (Wildman–Crippen MR) is 107 cm³/mol. The van der Waals surface area contributed by atoms with E-state index in [1.54, 1.807) is 24.3 Å². The molecule has 28 heavy (non-hydrogen) atoms. The maximum Gasteiger partial charge on any atom is 0.297 e. The van der Waals surface area contributed by atoms with E-state index in [4.69, 9.17) is 4.42 Å². The standard InChI is InChI=1S/C21H23N5O2/c1-3-26-8-4-5-15(12-26)23-21-25-20-18(28-21)7-6-16(24-20)19-14(11-22)9-13(2)10-17(19)27/h6-7,9-10,15,27H,3-5,8,12H2,1-2H3,(H,23,24,25)/t15-/m1/s1. The van der Waals surface area contributed by atoms with Crippen molar-refractivity contribution in [3.05, 3.63) is 35.4 Å². The van der Waals surface area contributed by atoms with E-state index >= 15 is 0 Å². The minimum atomic E-state index is 0.0344. The van der Waals surface area contributed by atoms with E-state index in [-0.39, 0.29) is 5.75 Å². The fourth-order valence-electron chi connectivity index (χ4n) is 3.78. The summed E-state index contributed by atoms with van der Waals surface area (Å²) < 4.78 is 5.81. The van der Waals surface area contributed by atoms with Crippen molar-refractivity contribution in [2.45, 2.75) is 32.7 Å². The highest BCUT2D eigenvalue weighted by atomic mass is 16.4. The Morgan fingerprint density at radius 3 is 3.00 bits per heavy atom. The highest BCUT2D eigenvalue weighted by Crippen LogP contribution is 2.33. The molecule has 0 amide bonds. The van der Waals surface area contributed by atoms with Crippen molar-refractivity contribution in [3.63, 3.8) is 0 Å². The number of aryl methyl sites for hydroxylation is 1. The lowest BCUT2D eigenvalue weighted by Gasteiger charge is -2.31. The van der Waals surface area contributed by atoms with Crippen LogP contribution in [0.4, 0.5) is 6.01 Å². The lowest BCUT2D eigenvalue weighted by Crippen LogP contribution is -2.41. The molecular weight excluding hydrogens is 354 g/mol. The quantitative estimate of drug-likeness (QED) is 0.716. The predicted octanol–water partition coefficient (Wildman–Crippen LogP) is 3.67. The molecule has 1 atom stereocenters. The summed E-state index contributed by atoms with van der Waals surface area (Å²) in [5.74, 6) is 0.0344. The molecule has 0 bridgehead atoms. The molecule has 7 heteroatoms. The second-order valence-corrected chi connectivity index (χ2v) is 7.23. The Kier molecular flexibility index (Phi) is 4.88. The fourth-order valence-corrected chi connectivity index (χ4v) is 3.78. The van der Waals surface area contributed by atoms with Gasteiger partial charge in [0, 0.05) is 12.6 Å². The first-order chi connectivity index (χ1) is 13.6. The third-order valence-electron chi connectivity index (χ3n) is 5.17. The van der Waals surface area contributed by atoms with Crippen LogP contribution in [0.1, 0.15) is 30.9 Å². The summed E-state index contributed by atoms with van der Waals surface area (Å²) >= 11 is 0. The van der Waals surface area contributed by atoms with Crippen LogP contribution in [0.3, 0.4) is 0 Å². The molecule has 1 aliphatic rings. The first-order valence-electron chi connectivity index (χ1n) is 9.58. The average molecular weight is 377 g/mol. The van der Waals surface area contributed by atoms with Crippen molar-refractivity contribution in [2.24, 2.45) is 0 Å². The maximum atomic E-state index is 10.3. The summed E-state index contributed by atoms with van der Waals surface area (Å²) in [6.07, 6.45) is 2.23. The van der Waals surface area contributed by atoms with E-state index in [0.29, 0.717) is 40.1 Å². The zero-order valence-corrected chi connectivity index (χ0v) is 16.1. The number of likely N-dealkylation sites (tertiary alicyclic amines) is 1. The molecule has 144 valence electrons. The molecule has 0 spiro atoms. The number of nitriles is 1. The number of likely N-dealkylation sites (N-methyl/N-ethyl adjacent to an activating group) is 1. The lowest BCUT2D eigenvalue weighted by atomic mass is 10.0. The monoisotopic (exact) mass is 377 g/mol. The van der Waals surface area contributed by atoms with Crippen LogP contribution in [0.15, 0.2) is 28.7 Å². The minimum absolute atomic E-state index is 0.0344. The van der Waals surface area contributed by atoms with E-state index in [1.807, 2.05) is 6.92 Å². The number of piperidine rings is 1. The molecule has 1 aliphatic heterocycles. The largest absolute Gasteiger partial charge is 0.507 e. The van der Waals surface area contributed by atoms with Gasteiger partial charge in [0.1, 0.15) is 5.75 Å². The number of nitrogens with zero attached hydrogens (tertiary/aromatic N) is 4. The van der Waals surface area contributed by atoms with E-state index in [0.717, 1.165) is 38.0 Å². The van der Waals surface area contributed by atoms with Crippen LogP contribution in [0, 0.1) is 18.3 Å². The molecule has 0 saturated carbocycles. The number of phenolic OH excluding ortho intramolecular Hbond substituents is 1. The van der Waals surface area contributed by atoms with Gasteiger partial charge >= 0.3 is 0 Å². The Morgan fingerprint density at radius 2 is 2.21 bits per heavy atom. The van der Waals surface area contributed by atoms with Gasteiger partial charge in [0.2, 0.25) is 5.65 Å². The average Bonchev–Trinajstić information content (AvgIpc) is 3.08. The number of aromatic nitrogens is 2.